The lowest BCUT2D eigenvalue weighted by atomic mass is 10.0. The number of rotatable bonds is 3. The minimum absolute atomic E-state index is 0.0278. The Balaban J connectivity index is 2.58. The molecule has 0 aromatic carbocycles. The van der Waals surface area contributed by atoms with Crippen molar-refractivity contribution in [1.29, 1.82) is 0 Å². The molecule has 1 atom stereocenters. The average Bonchev–Trinajstić information content (AvgIpc) is 2.38. The van der Waals surface area contributed by atoms with E-state index in [0.717, 1.165) is 13.0 Å². The molecule has 0 aromatic heterocycles. The van der Waals surface area contributed by atoms with Crippen LogP contribution >= 0.6 is 0 Å². The molecule has 3 heteroatoms. The first-order chi connectivity index (χ1) is 5.66. The van der Waals surface area contributed by atoms with E-state index in [1.54, 1.807) is 0 Å². The topological polar surface area (TPSA) is 40.5 Å². The minimum atomic E-state index is 0.0278. The molecule has 12 heavy (non-hydrogen) atoms. The van der Waals surface area contributed by atoms with Crippen LogP contribution in [0.5, 0.6) is 0 Å². The summed E-state index contributed by atoms with van der Waals surface area (Å²) >= 11 is 0. The van der Waals surface area contributed by atoms with Gasteiger partial charge in [-0.1, -0.05) is 13.8 Å². The zero-order valence-corrected chi connectivity index (χ0v) is 7.79. The second-order valence-corrected chi connectivity index (χ2v) is 3.68. The molecule has 70 valence electrons. The summed E-state index contributed by atoms with van der Waals surface area (Å²) in [6.45, 7) is 4.98. The lowest BCUT2D eigenvalue weighted by Gasteiger charge is -2.29. The molecular formula is C9H17NO2. The summed E-state index contributed by atoms with van der Waals surface area (Å²) in [5.41, 5.74) is 0. The van der Waals surface area contributed by atoms with Crippen molar-refractivity contribution in [3.05, 3.63) is 0 Å². The lowest BCUT2D eigenvalue weighted by molar-refractivity contribution is -0.131. The van der Waals surface area contributed by atoms with E-state index in [-0.39, 0.29) is 18.6 Å². The van der Waals surface area contributed by atoms with Gasteiger partial charge in [0.05, 0.1) is 12.6 Å². The van der Waals surface area contributed by atoms with Crippen LogP contribution in [0.2, 0.25) is 0 Å². The van der Waals surface area contributed by atoms with Gasteiger partial charge in [-0.15, -0.1) is 0 Å². The van der Waals surface area contributed by atoms with Crippen molar-refractivity contribution in [3.8, 4) is 0 Å². The maximum atomic E-state index is 11.3. The normalized spacial score (nSPS) is 20.7. The Bertz CT molecular complexity index is 168. The molecule has 1 aliphatic rings. The van der Waals surface area contributed by atoms with Crippen molar-refractivity contribution >= 4 is 5.91 Å². The van der Waals surface area contributed by atoms with Gasteiger partial charge in [-0.3, -0.25) is 4.79 Å². The molecule has 1 saturated heterocycles. The highest BCUT2D eigenvalue weighted by atomic mass is 16.3. The Labute approximate surface area is 73.4 Å². The van der Waals surface area contributed by atoms with Crippen LogP contribution in [0.4, 0.5) is 0 Å². The molecule has 1 N–H and O–H groups in total. The van der Waals surface area contributed by atoms with Gasteiger partial charge in [-0.25, -0.2) is 0 Å². The second-order valence-electron chi connectivity index (χ2n) is 3.68. The molecule has 0 unspecified atom stereocenters. The van der Waals surface area contributed by atoms with Crippen LogP contribution < -0.4 is 0 Å². The van der Waals surface area contributed by atoms with Gasteiger partial charge in [-0.2, -0.15) is 0 Å². The van der Waals surface area contributed by atoms with Gasteiger partial charge in [0, 0.05) is 13.0 Å². The average molecular weight is 171 g/mol. The van der Waals surface area contributed by atoms with Crippen molar-refractivity contribution < 1.29 is 9.90 Å². The molecule has 0 aromatic rings. The fourth-order valence-electron chi connectivity index (χ4n) is 1.69. The first kappa shape index (κ1) is 9.52. The summed E-state index contributed by atoms with van der Waals surface area (Å²) in [6, 6.07) is 0.0278. The van der Waals surface area contributed by atoms with E-state index >= 15 is 0 Å². The SMILES string of the molecule is CC(C)[C@H](CO)N1CCCC1=O. The Kier molecular flexibility index (Phi) is 3.09. The molecule has 0 saturated carbocycles. The summed E-state index contributed by atoms with van der Waals surface area (Å²) in [6.07, 6.45) is 1.60. The second kappa shape index (κ2) is 3.90. The zero-order chi connectivity index (χ0) is 9.14. The van der Waals surface area contributed by atoms with E-state index in [9.17, 15) is 4.79 Å². The molecule has 0 radical (unpaired) electrons. The molecule has 3 nitrogen and oxygen atoms in total. The van der Waals surface area contributed by atoms with Crippen molar-refractivity contribution in [3.63, 3.8) is 0 Å². The molecule has 0 spiro atoms. The van der Waals surface area contributed by atoms with Crippen LogP contribution in [0.1, 0.15) is 26.7 Å². The summed E-state index contributed by atoms with van der Waals surface area (Å²) in [4.78, 5) is 13.1. The van der Waals surface area contributed by atoms with Crippen molar-refractivity contribution in [2.24, 2.45) is 5.92 Å². The highest BCUT2D eigenvalue weighted by Gasteiger charge is 2.28. The van der Waals surface area contributed by atoms with Gasteiger partial charge >= 0.3 is 0 Å². The summed E-state index contributed by atoms with van der Waals surface area (Å²) in [7, 11) is 0. The molecule has 1 amide bonds. The van der Waals surface area contributed by atoms with Gasteiger partial charge in [0.25, 0.3) is 0 Å². The van der Waals surface area contributed by atoms with Gasteiger partial charge in [-0.05, 0) is 12.3 Å². The minimum Gasteiger partial charge on any atom is -0.394 e. The van der Waals surface area contributed by atoms with Crippen LogP contribution in [0.3, 0.4) is 0 Å². The third-order valence-corrected chi connectivity index (χ3v) is 2.47. The van der Waals surface area contributed by atoms with Crippen LogP contribution in [0.25, 0.3) is 0 Å². The number of carbonyl (C=O) groups excluding carboxylic acids is 1. The highest BCUT2D eigenvalue weighted by molar-refractivity contribution is 5.78. The maximum absolute atomic E-state index is 11.3. The Morgan fingerprint density at radius 3 is 2.58 bits per heavy atom. The molecule has 0 bridgehead atoms. The number of likely N-dealkylation sites (tertiary alicyclic amines) is 1. The first-order valence-corrected chi connectivity index (χ1v) is 4.57. The van der Waals surface area contributed by atoms with E-state index in [4.69, 9.17) is 5.11 Å². The monoisotopic (exact) mass is 171 g/mol. The Hall–Kier alpha value is -0.570. The van der Waals surface area contributed by atoms with E-state index in [0.29, 0.717) is 12.3 Å². The smallest absolute Gasteiger partial charge is 0.222 e. The van der Waals surface area contributed by atoms with E-state index < -0.39 is 0 Å². The fraction of sp³-hybridized carbons (Fsp3) is 0.889. The number of aliphatic hydroxyl groups is 1. The van der Waals surface area contributed by atoms with E-state index in [1.807, 2.05) is 18.7 Å². The molecule has 1 fully saturated rings. The van der Waals surface area contributed by atoms with Crippen molar-refractivity contribution in [2.45, 2.75) is 32.7 Å². The quantitative estimate of drug-likeness (QED) is 0.676. The molecule has 1 heterocycles. The van der Waals surface area contributed by atoms with Gasteiger partial charge < -0.3 is 10.0 Å². The largest absolute Gasteiger partial charge is 0.394 e. The zero-order valence-electron chi connectivity index (χ0n) is 7.79. The van der Waals surface area contributed by atoms with Gasteiger partial charge in [0.2, 0.25) is 5.91 Å². The molecule has 1 rings (SSSR count). The van der Waals surface area contributed by atoms with Gasteiger partial charge in [0.1, 0.15) is 0 Å². The number of amides is 1. The number of hydrogen-bond donors (Lipinski definition) is 1. The molecule has 0 aliphatic carbocycles. The van der Waals surface area contributed by atoms with Crippen LogP contribution in [0.15, 0.2) is 0 Å². The number of nitrogens with zero attached hydrogens (tertiary/aromatic N) is 1. The Morgan fingerprint density at radius 2 is 2.25 bits per heavy atom. The number of carbonyl (C=O) groups is 1. The third-order valence-electron chi connectivity index (χ3n) is 2.47. The third kappa shape index (κ3) is 1.78. The van der Waals surface area contributed by atoms with Crippen LogP contribution in [0, 0.1) is 5.92 Å². The van der Waals surface area contributed by atoms with E-state index in [1.165, 1.54) is 0 Å². The standard InChI is InChI=1S/C9H17NO2/c1-7(2)8(6-11)10-5-3-4-9(10)12/h7-8,11H,3-6H2,1-2H3/t8-/m0/s1. The molecular weight excluding hydrogens is 154 g/mol. The fourth-order valence-corrected chi connectivity index (χ4v) is 1.69. The summed E-state index contributed by atoms with van der Waals surface area (Å²) < 4.78 is 0. The highest BCUT2D eigenvalue weighted by Crippen LogP contribution is 2.18. The maximum Gasteiger partial charge on any atom is 0.222 e. The summed E-state index contributed by atoms with van der Waals surface area (Å²) in [5, 5.41) is 9.08. The first-order valence-electron chi connectivity index (χ1n) is 4.57. The number of hydrogen-bond acceptors (Lipinski definition) is 2. The Morgan fingerprint density at radius 1 is 1.58 bits per heavy atom. The van der Waals surface area contributed by atoms with Gasteiger partial charge in [0.15, 0.2) is 0 Å². The van der Waals surface area contributed by atoms with Crippen LogP contribution in [-0.2, 0) is 4.79 Å². The molecule has 1 aliphatic heterocycles. The van der Waals surface area contributed by atoms with Crippen molar-refractivity contribution in [2.75, 3.05) is 13.2 Å². The van der Waals surface area contributed by atoms with E-state index in [2.05, 4.69) is 0 Å². The van der Waals surface area contributed by atoms with Crippen molar-refractivity contribution in [1.82, 2.24) is 4.90 Å². The predicted molar refractivity (Wildman–Crippen MR) is 46.7 cm³/mol. The predicted octanol–water partition coefficient (Wildman–Crippen LogP) is 0.626. The number of aliphatic hydroxyl groups excluding tert-OH is 1. The van der Waals surface area contributed by atoms with Crippen LogP contribution in [-0.4, -0.2) is 35.1 Å². The summed E-state index contributed by atoms with van der Waals surface area (Å²) in [5.74, 6) is 0.541. The lowest BCUT2D eigenvalue weighted by Crippen LogP contribution is -2.42.